The third kappa shape index (κ3) is 4.01. The minimum Gasteiger partial charge on any atom is -0.508 e. The Balaban J connectivity index is 1.95. The molecule has 6 nitrogen and oxygen atoms in total. The fourth-order valence-electron chi connectivity index (χ4n) is 3.46. The second-order valence-corrected chi connectivity index (χ2v) is 7.38. The molecule has 0 aliphatic heterocycles. The van der Waals surface area contributed by atoms with Crippen molar-refractivity contribution in [2.24, 2.45) is 5.73 Å². The first kappa shape index (κ1) is 19.5. The number of nitrogens with two attached hydrogens (primary N) is 1. The second-order valence-electron chi connectivity index (χ2n) is 7.38. The lowest BCUT2D eigenvalue weighted by atomic mass is 9.99. The van der Waals surface area contributed by atoms with Crippen LogP contribution < -0.4 is 11.1 Å². The van der Waals surface area contributed by atoms with Gasteiger partial charge in [0, 0.05) is 18.1 Å². The largest absolute Gasteiger partial charge is 0.508 e. The Kier molecular flexibility index (Phi) is 5.40. The van der Waals surface area contributed by atoms with Gasteiger partial charge in [0.2, 0.25) is 11.8 Å². The Bertz CT molecular complexity index is 1050. The molecule has 0 spiro atoms. The van der Waals surface area contributed by atoms with E-state index in [4.69, 9.17) is 5.73 Å². The first-order valence-electron chi connectivity index (χ1n) is 9.24. The van der Waals surface area contributed by atoms with E-state index in [1.807, 2.05) is 43.5 Å². The number of carbonyl (C=O) groups is 2. The number of rotatable bonds is 6. The van der Waals surface area contributed by atoms with Gasteiger partial charge in [-0.25, -0.2) is 0 Å². The van der Waals surface area contributed by atoms with Gasteiger partial charge in [0.25, 0.3) is 0 Å². The van der Waals surface area contributed by atoms with Crippen molar-refractivity contribution < 1.29 is 14.7 Å². The summed E-state index contributed by atoms with van der Waals surface area (Å²) in [5.41, 5.74) is 9.84. The van der Waals surface area contributed by atoms with E-state index >= 15 is 0 Å². The van der Waals surface area contributed by atoms with Crippen molar-refractivity contribution in [2.45, 2.75) is 39.7 Å². The molecular formula is C22H25N3O3. The van der Waals surface area contributed by atoms with Crippen molar-refractivity contribution in [1.82, 2.24) is 4.57 Å². The fourth-order valence-corrected chi connectivity index (χ4v) is 3.46. The number of aromatic hydroxyl groups is 1. The Morgan fingerprint density at radius 3 is 2.61 bits per heavy atom. The molecule has 1 aromatic heterocycles. The molecule has 0 saturated heterocycles. The molecule has 0 aliphatic rings. The molecule has 3 aromatic rings. The van der Waals surface area contributed by atoms with E-state index in [9.17, 15) is 14.7 Å². The van der Waals surface area contributed by atoms with Gasteiger partial charge in [-0.05, 0) is 47.7 Å². The number of phenols is 1. The number of amides is 2. The summed E-state index contributed by atoms with van der Waals surface area (Å²) in [5, 5.41) is 13.7. The highest BCUT2D eigenvalue weighted by atomic mass is 16.3. The normalized spacial score (nSPS) is 11.1. The quantitative estimate of drug-likeness (QED) is 0.570. The molecule has 0 unspecified atom stereocenters. The van der Waals surface area contributed by atoms with E-state index in [1.165, 1.54) is 0 Å². The average molecular weight is 379 g/mol. The van der Waals surface area contributed by atoms with E-state index in [1.54, 1.807) is 6.07 Å². The van der Waals surface area contributed by atoms with Crippen molar-refractivity contribution in [3.05, 3.63) is 59.3 Å². The van der Waals surface area contributed by atoms with E-state index in [-0.39, 0.29) is 12.3 Å². The molecule has 2 amide bonds. The van der Waals surface area contributed by atoms with Crippen molar-refractivity contribution >= 4 is 28.4 Å². The molecule has 0 bridgehead atoms. The maximum Gasteiger partial charge on any atom is 0.233 e. The monoisotopic (exact) mass is 379 g/mol. The third-order valence-electron chi connectivity index (χ3n) is 4.80. The van der Waals surface area contributed by atoms with Gasteiger partial charge in [-0.2, -0.15) is 0 Å². The zero-order valence-corrected chi connectivity index (χ0v) is 16.3. The standard InChI is InChI=1S/C22H25N3O3/c1-13(2)17-10-15(5-7-19(17)26)12-25-9-8-16-18(6-4-14(3)22(16)25)24-21(28)11-20(23)27/h4-10,13,26H,11-12H2,1-3H3,(H2,23,27)(H,24,28). The number of carbonyl (C=O) groups excluding carboxylic acids is 2. The van der Waals surface area contributed by atoms with Gasteiger partial charge in [0.05, 0.1) is 11.2 Å². The van der Waals surface area contributed by atoms with Crippen LogP contribution in [0.1, 0.15) is 42.9 Å². The predicted molar refractivity (Wildman–Crippen MR) is 110 cm³/mol. The summed E-state index contributed by atoms with van der Waals surface area (Å²) in [6, 6.07) is 11.4. The van der Waals surface area contributed by atoms with E-state index in [2.05, 4.69) is 23.7 Å². The zero-order valence-electron chi connectivity index (χ0n) is 16.3. The number of nitrogens with zero attached hydrogens (tertiary/aromatic N) is 1. The van der Waals surface area contributed by atoms with Crippen LogP contribution in [-0.4, -0.2) is 21.5 Å². The van der Waals surface area contributed by atoms with Gasteiger partial charge in [-0.1, -0.05) is 32.0 Å². The summed E-state index contributed by atoms with van der Waals surface area (Å²) >= 11 is 0. The fraction of sp³-hybridized carbons (Fsp3) is 0.273. The average Bonchev–Trinajstić information content (AvgIpc) is 3.03. The Morgan fingerprint density at radius 2 is 1.93 bits per heavy atom. The number of anilines is 1. The van der Waals surface area contributed by atoms with Crippen LogP contribution in [-0.2, 0) is 16.1 Å². The Morgan fingerprint density at radius 1 is 1.18 bits per heavy atom. The molecule has 4 N–H and O–H groups in total. The van der Waals surface area contributed by atoms with Gasteiger partial charge in [-0.3, -0.25) is 9.59 Å². The number of hydrogen-bond acceptors (Lipinski definition) is 3. The number of primary amides is 1. The molecule has 0 radical (unpaired) electrons. The van der Waals surface area contributed by atoms with Crippen LogP contribution in [0.15, 0.2) is 42.6 Å². The Hall–Kier alpha value is -3.28. The number of nitrogens with one attached hydrogen (secondary N) is 1. The minimum absolute atomic E-state index is 0.232. The van der Waals surface area contributed by atoms with Crippen molar-refractivity contribution in [1.29, 1.82) is 0 Å². The van der Waals surface area contributed by atoms with E-state index in [0.29, 0.717) is 18.0 Å². The van der Waals surface area contributed by atoms with E-state index < -0.39 is 11.8 Å². The maximum absolute atomic E-state index is 11.9. The van der Waals surface area contributed by atoms with Crippen LogP contribution in [0.5, 0.6) is 5.75 Å². The SMILES string of the molecule is Cc1ccc(NC(=O)CC(N)=O)c2ccn(Cc3ccc(O)c(C(C)C)c3)c12. The zero-order chi connectivity index (χ0) is 20.4. The summed E-state index contributed by atoms with van der Waals surface area (Å²) in [6.45, 7) is 6.76. The summed E-state index contributed by atoms with van der Waals surface area (Å²) in [4.78, 5) is 22.9. The second kappa shape index (κ2) is 7.76. The molecule has 0 aliphatic carbocycles. The molecule has 6 heteroatoms. The van der Waals surface area contributed by atoms with Crippen LogP contribution >= 0.6 is 0 Å². The Labute approximate surface area is 164 Å². The molecule has 1 heterocycles. The number of aromatic nitrogens is 1. The van der Waals surface area contributed by atoms with Gasteiger partial charge < -0.3 is 20.7 Å². The first-order valence-corrected chi connectivity index (χ1v) is 9.24. The highest BCUT2D eigenvalue weighted by Gasteiger charge is 2.13. The molecular weight excluding hydrogens is 354 g/mol. The number of benzene rings is 2. The van der Waals surface area contributed by atoms with Gasteiger partial charge in [0.15, 0.2) is 0 Å². The lowest BCUT2D eigenvalue weighted by molar-refractivity contribution is -0.124. The van der Waals surface area contributed by atoms with Crippen LogP contribution in [0.4, 0.5) is 5.69 Å². The van der Waals surface area contributed by atoms with Crippen molar-refractivity contribution in [2.75, 3.05) is 5.32 Å². The van der Waals surface area contributed by atoms with Crippen molar-refractivity contribution in [3.63, 3.8) is 0 Å². The molecule has 146 valence electrons. The van der Waals surface area contributed by atoms with Crippen LogP contribution in [0.3, 0.4) is 0 Å². The smallest absolute Gasteiger partial charge is 0.233 e. The van der Waals surface area contributed by atoms with Gasteiger partial charge in [-0.15, -0.1) is 0 Å². The number of phenolic OH excluding ortho intramolecular Hbond substituents is 1. The molecule has 3 rings (SSSR count). The molecule has 28 heavy (non-hydrogen) atoms. The molecule has 0 saturated carbocycles. The third-order valence-corrected chi connectivity index (χ3v) is 4.80. The first-order chi connectivity index (χ1) is 13.3. The highest BCUT2D eigenvalue weighted by molar-refractivity contribution is 6.07. The summed E-state index contributed by atoms with van der Waals surface area (Å²) < 4.78 is 2.12. The summed E-state index contributed by atoms with van der Waals surface area (Å²) in [5.74, 6) is -0.542. The number of aryl methyl sites for hydroxylation is 1. The number of fused-ring (bicyclic) bond motifs is 1. The lowest BCUT2D eigenvalue weighted by Gasteiger charge is -2.13. The highest BCUT2D eigenvalue weighted by Crippen LogP contribution is 2.30. The summed E-state index contributed by atoms with van der Waals surface area (Å²) in [7, 11) is 0. The van der Waals surface area contributed by atoms with Gasteiger partial charge in [0.1, 0.15) is 12.2 Å². The number of hydrogen-bond donors (Lipinski definition) is 3. The van der Waals surface area contributed by atoms with Crippen LogP contribution in [0, 0.1) is 6.92 Å². The molecule has 2 aromatic carbocycles. The lowest BCUT2D eigenvalue weighted by Crippen LogP contribution is -2.21. The molecule has 0 fully saturated rings. The predicted octanol–water partition coefficient (Wildman–Crippen LogP) is 3.64. The van der Waals surface area contributed by atoms with Crippen LogP contribution in [0.25, 0.3) is 10.9 Å². The summed E-state index contributed by atoms with van der Waals surface area (Å²) in [6.07, 6.45) is 1.63. The molecule has 0 atom stereocenters. The van der Waals surface area contributed by atoms with E-state index in [0.717, 1.165) is 27.6 Å². The van der Waals surface area contributed by atoms with Crippen molar-refractivity contribution in [3.8, 4) is 5.75 Å². The maximum atomic E-state index is 11.9. The topological polar surface area (TPSA) is 97.4 Å². The van der Waals surface area contributed by atoms with Gasteiger partial charge >= 0.3 is 0 Å². The van der Waals surface area contributed by atoms with Crippen LogP contribution in [0.2, 0.25) is 0 Å². The minimum atomic E-state index is -0.660.